The van der Waals surface area contributed by atoms with Crippen LogP contribution in [0.4, 0.5) is 0 Å². The first-order valence-electron chi connectivity index (χ1n) is 5.32. The lowest BCUT2D eigenvalue weighted by Crippen LogP contribution is -2.18. The minimum Gasteiger partial charge on any atom is -0.310 e. The van der Waals surface area contributed by atoms with Crippen LogP contribution in [0.25, 0.3) is 0 Å². The molecule has 0 amide bonds. The minimum atomic E-state index is 0.0706. The third-order valence-electron chi connectivity index (χ3n) is 2.70. The topological polar surface area (TPSA) is 45.8 Å². The lowest BCUT2D eigenvalue weighted by atomic mass is 10.1. The van der Waals surface area contributed by atoms with Crippen molar-refractivity contribution in [3.05, 3.63) is 27.4 Å². The summed E-state index contributed by atoms with van der Waals surface area (Å²) in [5, 5.41) is 0. The molecule has 0 spiro atoms. The number of aromatic nitrogens is 2. The molecule has 1 fully saturated rings. The van der Waals surface area contributed by atoms with E-state index < -0.39 is 0 Å². The Bertz CT molecular complexity index is 391. The van der Waals surface area contributed by atoms with Crippen LogP contribution in [0, 0.1) is 6.92 Å². The highest BCUT2D eigenvalue weighted by molar-refractivity contribution is 5.19. The summed E-state index contributed by atoms with van der Waals surface area (Å²) in [6.07, 6.45) is 4.18. The first-order chi connectivity index (χ1) is 6.72. The molecule has 1 saturated carbocycles. The van der Waals surface area contributed by atoms with Gasteiger partial charge >= 0.3 is 0 Å². The summed E-state index contributed by atoms with van der Waals surface area (Å²) in [6.45, 7) is 4.01. The third kappa shape index (κ3) is 1.72. The molecule has 1 N–H and O–H groups in total. The quantitative estimate of drug-likeness (QED) is 0.795. The Labute approximate surface area is 83.6 Å². The van der Waals surface area contributed by atoms with Gasteiger partial charge in [0.25, 0.3) is 5.56 Å². The van der Waals surface area contributed by atoms with Gasteiger partial charge in [-0.1, -0.05) is 13.3 Å². The molecule has 3 nitrogen and oxygen atoms in total. The fraction of sp³-hybridized carbons (Fsp3) is 0.636. The summed E-state index contributed by atoms with van der Waals surface area (Å²) in [5.41, 5.74) is 1.84. The normalized spacial score (nSPS) is 15.9. The van der Waals surface area contributed by atoms with Gasteiger partial charge in [0, 0.05) is 17.2 Å². The number of nitrogens with zero attached hydrogens (tertiary/aromatic N) is 1. The molecule has 3 heteroatoms. The number of aryl methyl sites for hydroxylation is 1. The van der Waals surface area contributed by atoms with Crippen molar-refractivity contribution in [3.63, 3.8) is 0 Å². The van der Waals surface area contributed by atoms with Crippen molar-refractivity contribution in [2.24, 2.45) is 0 Å². The zero-order valence-electron chi connectivity index (χ0n) is 8.76. The Morgan fingerprint density at radius 3 is 2.71 bits per heavy atom. The predicted octanol–water partition coefficient (Wildman–Crippen LogP) is 1.91. The maximum atomic E-state index is 11.7. The monoisotopic (exact) mass is 192 g/mol. The van der Waals surface area contributed by atoms with Crippen molar-refractivity contribution in [1.82, 2.24) is 9.97 Å². The van der Waals surface area contributed by atoms with Gasteiger partial charge in [0.05, 0.1) is 0 Å². The van der Waals surface area contributed by atoms with Crippen LogP contribution in [0.1, 0.15) is 49.2 Å². The van der Waals surface area contributed by atoms with Crippen molar-refractivity contribution >= 4 is 0 Å². The van der Waals surface area contributed by atoms with Gasteiger partial charge in [-0.3, -0.25) is 4.79 Å². The molecule has 2 rings (SSSR count). The molecule has 1 aliphatic rings. The van der Waals surface area contributed by atoms with Crippen LogP contribution in [0.3, 0.4) is 0 Å². The van der Waals surface area contributed by atoms with Crippen LogP contribution in [0.2, 0.25) is 0 Å². The molecule has 0 atom stereocenters. The van der Waals surface area contributed by atoms with Crippen LogP contribution in [0.5, 0.6) is 0 Å². The van der Waals surface area contributed by atoms with Gasteiger partial charge in [-0.2, -0.15) is 0 Å². The van der Waals surface area contributed by atoms with Crippen molar-refractivity contribution < 1.29 is 0 Å². The van der Waals surface area contributed by atoms with Crippen molar-refractivity contribution in [2.45, 2.75) is 45.4 Å². The average Bonchev–Trinajstić information content (AvgIpc) is 2.93. The Morgan fingerprint density at radius 1 is 1.50 bits per heavy atom. The number of nitrogens with one attached hydrogen (secondary N) is 1. The molecular formula is C11H16N2O. The molecule has 14 heavy (non-hydrogen) atoms. The first kappa shape index (κ1) is 9.44. The molecule has 1 heterocycles. The van der Waals surface area contributed by atoms with E-state index in [9.17, 15) is 4.79 Å². The van der Waals surface area contributed by atoms with E-state index in [2.05, 4.69) is 16.9 Å². The molecule has 0 bridgehead atoms. The maximum Gasteiger partial charge on any atom is 0.254 e. The molecule has 0 unspecified atom stereocenters. The van der Waals surface area contributed by atoms with E-state index >= 15 is 0 Å². The molecule has 0 aromatic carbocycles. The van der Waals surface area contributed by atoms with Crippen LogP contribution >= 0.6 is 0 Å². The number of aromatic amines is 1. The van der Waals surface area contributed by atoms with E-state index in [-0.39, 0.29) is 5.56 Å². The van der Waals surface area contributed by atoms with Crippen LogP contribution in [-0.4, -0.2) is 9.97 Å². The van der Waals surface area contributed by atoms with E-state index in [4.69, 9.17) is 0 Å². The highest BCUT2D eigenvalue weighted by atomic mass is 16.1. The zero-order valence-corrected chi connectivity index (χ0v) is 8.76. The van der Waals surface area contributed by atoms with Gasteiger partial charge in [0.15, 0.2) is 0 Å². The summed E-state index contributed by atoms with van der Waals surface area (Å²) in [6, 6.07) is 0. The molecule has 1 aromatic rings. The summed E-state index contributed by atoms with van der Waals surface area (Å²) < 4.78 is 0. The standard InChI is InChI=1S/C11H16N2O/c1-3-4-9-7(2)12-10(8-5-6-8)13-11(9)14/h8H,3-6H2,1-2H3,(H,12,13,14). The Hall–Kier alpha value is -1.12. The van der Waals surface area contributed by atoms with Gasteiger partial charge in [-0.15, -0.1) is 0 Å². The van der Waals surface area contributed by atoms with E-state index in [1.54, 1.807) is 0 Å². The van der Waals surface area contributed by atoms with Crippen LogP contribution in [0.15, 0.2) is 4.79 Å². The van der Waals surface area contributed by atoms with Crippen LogP contribution < -0.4 is 5.56 Å². The van der Waals surface area contributed by atoms with Crippen molar-refractivity contribution in [3.8, 4) is 0 Å². The summed E-state index contributed by atoms with van der Waals surface area (Å²) in [4.78, 5) is 19.0. The fourth-order valence-electron chi connectivity index (χ4n) is 1.73. The Morgan fingerprint density at radius 2 is 2.21 bits per heavy atom. The zero-order chi connectivity index (χ0) is 10.1. The predicted molar refractivity (Wildman–Crippen MR) is 55.6 cm³/mol. The number of H-pyrrole nitrogens is 1. The highest BCUT2D eigenvalue weighted by Crippen LogP contribution is 2.37. The van der Waals surface area contributed by atoms with E-state index in [0.717, 1.165) is 29.9 Å². The Kier molecular flexibility index (Phi) is 2.40. The van der Waals surface area contributed by atoms with E-state index in [1.807, 2.05) is 6.92 Å². The molecule has 1 aromatic heterocycles. The van der Waals surface area contributed by atoms with Gasteiger partial charge < -0.3 is 4.98 Å². The number of hydrogen-bond donors (Lipinski definition) is 1. The minimum absolute atomic E-state index is 0.0706. The lowest BCUT2D eigenvalue weighted by Gasteiger charge is -2.04. The second-order valence-corrected chi connectivity index (χ2v) is 4.04. The average molecular weight is 192 g/mol. The molecule has 0 radical (unpaired) electrons. The van der Waals surface area contributed by atoms with Gasteiger partial charge in [0.2, 0.25) is 0 Å². The smallest absolute Gasteiger partial charge is 0.254 e. The summed E-state index contributed by atoms with van der Waals surface area (Å²) >= 11 is 0. The number of hydrogen-bond acceptors (Lipinski definition) is 2. The molecular weight excluding hydrogens is 176 g/mol. The van der Waals surface area contributed by atoms with Crippen LogP contribution in [-0.2, 0) is 6.42 Å². The summed E-state index contributed by atoms with van der Waals surface area (Å²) in [5.74, 6) is 1.42. The SMILES string of the molecule is CCCc1c(C)nc(C2CC2)[nH]c1=O. The highest BCUT2D eigenvalue weighted by Gasteiger charge is 2.26. The molecule has 0 saturated heterocycles. The van der Waals surface area contributed by atoms with Crippen molar-refractivity contribution in [2.75, 3.05) is 0 Å². The van der Waals surface area contributed by atoms with Gasteiger partial charge in [-0.25, -0.2) is 4.98 Å². The van der Waals surface area contributed by atoms with Crippen molar-refractivity contribution in [1.29, 1.82) is 0 Å². The van der Waals surface area contributed by atoms with Gasteiger partial charge in [-0.05, 0) is 26.2 Å². The summed E-state index contributed by atoms with van der Waals surface area (Å²) in [7, 11) is 0. The third-order valence-corrected chi connectivity index (χ3v) is 2.70. The molecule has 76 valence electrons. The second kappa shape index (κ2) is 3.56. The van der Waals surface area contributed by atoms with E-state index in [0.29, 0.717) is 5.92 Å². The number of rotatable bonds is 3. The molecule has 0 aliphatic heterocycles. The second-order valence-electron chi connectivity index (χ2n) is 4.04. The molecule has 1 aliphatic carbocycles. The largest absolute Gasteiger partial charge is 0.310 e. The first-order valence-corrected chi connectivity index (χ1v) is 5.32. The fourth-order valence-corrected chi connectivity index (χ4v) is 1.73. The van der Waals surface area contributed by atoms with Gasteiger partial charge in [0.1, 0.15) is 5.82 Å². The maximum absolute atomic E-state index is 11.7. The van der Waals surface area contributed by atoms with E-state index in [1.165, 1.54) is 12.8 Å². The Balaban J connectivity index is 2.39. The lowest BCUT2D eigenvalue weighted by molar-refractivity contribution is 0.821.